The molecule has 0 saturated carbocycles. The Kier molecular flexibility index (Phi) is 4.94. The van der Waals surface area contributed by atoms with Crippen molar-refractivity contribution >= 4 is 34.3 Å². The van der Waals surface area contributed by atoms with Crippen LogP contribution in [0.4, 0.5) is 4.39 Å². The van der Waals surface area contributed by atoms with Crippen molar-refractivity contribution in [1.29, 1.82) is 0 Å². The second-order valence-corrected chi connectivity index (χ2v) is 6.15. The van der Waals surface area contributed by atoms with E-state index in [0.29, 0.717) is 10.9 Å². The van der Waals surface area contributed by atoms with Crippen LogP contribution >= 0.6 is 11.6 Å². The average Bonchev–Trinajstić information content (AvgIpc) is 2.59. The van der Waals surface area contributed by atoms with Gasteiger partial charge < -0.3 is 10.2 Å². The number of fused-ring (bicyclic) bond motifs is 1. The van der Waals surface area contributed by atoms with E-state index >= 15 is 0 Å². The number of pyridine rings is 1. The lowest BCUT2D eigenvalue weighted by atomic mass is 10.1. The van der Waals surface area contributed by atoms with Gasteiger partial charge in [0, 0.05) is 24.5 Å². The van der Waals surface area contributed by atoms with E-state index in [-0.39, 0.29) is 23.2 Å². The third kappa shape index (κ3) is 3.64. The Morgan fingerprint density at radius 3 is 2.71 bits per heavy atom. The Labute approximate surface area is 143 Å². The topological polar surface area (TPSA) is 62.3 Å². The Morgan fingerprint density at radius 1 is 1.21 bits per heavy atom. The minimum absolute atomic E-state index is 0.0176. The number of nitrogens with zero attached hydrogens (tertiary/aromatic N) is 2. The molecule has 0 unspecified atom stereocenters. The second kappa shape index (κ2) is 7.13. The van der Waals surface area contributed by atoms with Gasteiger partial charge in [-0.15, -0.1) is 0 Å². The average molecular weight is 350 g/mol. The van der Waals surface area contributed by atoms with Gasteiger partial charge in [0.2, 0.25) is 5.91 Å². The van der Waals surface area contributed by atoms with Crippen molar-refractivity contribution in [3.8, 4) is 0 Å². The van der Waals surface area contributed by atoms with Crippen molar-refractivity contribution in [3.05, 3.63) is 40.8 Å². The fraction of sp³-hybridized carbons (Fsp3) is 0.353. The highest BCUT2D eigenvalue weighted by Crippen LogP contribution is 2.21. The Bertz CT molecular complexity index is 791. The third-order valence-electron chi connectivity index (χ3n) is 4.09. The number of rotatable bonds is 3. The SMILES string of the molecule is O=C(NCC(=O)N1CCCCC1)c1cc2ccc(F)cc2nc1Cl. The summed E-state index contributed by atoms with van der Waals surface area (Å²) in [7, 11) is 0. The first kappa shape index (κ1) is 16.6. The van der Waals surface area contributed by atoms with Gasteiger partial charge in [-0.25, -0.2) is 9.37 Å². The Hall–Kier alpha value is -2.21. The van der Waals surface area contributed by atoms with E-state index < -0.39 is 11.7 Å². The molecule has 1 aromatic carbocycles. The molecule has 1 aromatic heterocycles. The van der Waals surface area contributed by atoms with Crippen molar-refractivity contribution in [2.45, 2.75) is 19.3 Å². The molecule has 3 rings (SSSR count). The van der Waals surface area contributed by atoms with Crippen LogP contribution in [0.15, 0.2) is 24.3 Å². The van der Waals surface area contributed by atoms with Gasteiger partial charge in [0.1, 0.15) is 11.0 Å². The Morgan fingerprint density at radius 2 is 1.96 bits per heavy atom. The van der Waals surface area contributed by atoms with Crippen LogP contribution in [0, 0.1) is 5.82 Å². The molecule has 1 N–H and O–H groups in total. The molecule has 2 aromatic rings. The minimum atomic E-state index is -0.468. The molecule has 0 bridgehead atoms. The van der Waals surface area contributed by atoms with Crippen molar-refractivity contribution in [1.82, 2.24) is 15.2 Å². The normalized spacial score (nSPS) is 14.7. The number of piperidine rings is 1. The second-order valence-electron chi connectivity index (χ2n) is 5.79. The molecule has 1 fully saturated rings. The van der Waals surface area contributed by atoms with Gasteiger partial charge in [0.05, 0.1) is 17.6 Å². The van der Waals surface area contributed by atoms with E-state index in [0.717, 1.165) is 32.4 Å². The first-order valence-electron chi connectivity index (χ1n) is 7.86. The summed E-state index contributed by atoms with van der Waals surface area (Å²) in [5, 5.41) is 3.17. The van der Waals surface area contributed by atoms with E-state index in [2.05, 4.69) is 10.3 Å². The largest absolute Gasteiger partial charge is 0.343 e. The molecule has 24 heavy (non-hydrogen) atoms. The van der Waals surface area contributed by atoms with Gasteiger partial charge in [-0.05, 0) is 37.5 Å². The molecule has 5 nitrogen and oxygen atoms in total. The van der Waals surface area contributed by atoms with Crippen LogP contribution in [-0.4, -0.2) is 41.3 Å². The molecule has 126 valence electrons. The zero-order chi connectivity index (χ0) is 17.1. The van der Waals surface area contributed by atoms with Crippen LogP contribution in [0.3, 0.4) is 0 Å². The molecule has 2 amide bonds. The van der Waals surface area contributed by atoms with Crippen molar-refractivity contribution < 1.29 is 14.0 Å². The third-order valence-corrected chi connectivity index (χ3v) is 4.37. The first-order valence-corrected chi connectivity index (χ1v) is 8.24. The zero-order valence-electron chi connectivity index (χ0n) is 13.0. The predicted molar refractivity (Wildman–Crippen MR) is 89.5 cm³/mol. The van der Waals surface area contributed by atoms with E-state index in [9.17, 15) is 14.0 Å². The number of benzene rings is 1. The van der Waals surface area contributed by atoms with Gasteiger partial charge in [-0.3, -0.25) is 9.59 Å². The molecule has 0 atom stereocenters. The number of amides is 2. The van der Waals surface area contributed by atoms with Gasteiger partial charge >= 0.3 is 0 Å². The summed E-state index contributed by atoms with van der Waals surface area (Å²) in [5.74, 6) is -0.991. The van der Waals surface area contributed by atoms with Crippen molar-refractivity contribution in [2.75, 3.05) is 19.6 Å². The summed E-state index contributed by atoms with van der Waals surface area (Å²) in [4.78, 5) is 30.2. The van der Waals surface area contributed by atoms with E-state index in [1.165, 1.54) is 18.2 Å². The first-order chi connectivity index (χ1) is 11.5. The summed E-state index contributed by atoms with van der Waals surface area (Å²) in [6.45, 7) is 1.40. The summed E-state index contributed by atoms with van der Waals surface area (Å²) in [6, 6.07) is 5.62. The van der Waals surface area contributed by atoms with Gasteiger partial charge in [0.25, 0.3) is 5.91 Å². The van der Waals surface area contributed by atoms with E-state index in [1.807, 2.05) is 0 Å². The lowest BCUT2D eigenvalue weighted by molar-refractivity contribution is -0.130. The number of likely N-dealkylation sites (tertiary alicyclic amines) is 1. The highest BCUT2D eigenvalue weighted by molar-refractivity contribution is 6.33. The Balaban J connectivity index is 1.70. The van der Waals surface area contributed by atoms with Gasteiger partial charge in [0.15, 0.2) is 0 Å². The van der Waals surface area contributed by atoms with Crippen molar-refractivity contribution in [3.63, 3.8) is 0 Å². The zero-order valence-corrected chi connectivity index (χ0v) is 13.8. The van der Waals surface area contributed by atoms with Crippen LogP contribution in [0.25, 0.3) is 10.9 Å². The summed E-state index contributed by atoms with van der Waals surface area (Å²) in [6.07, 6.45) is 3.13. The maximum absolute atomic E-state index is 13.2. The van der Waals surface area contributed by atoms with E-state index in [4.69, 9.17) is 11.6 Å². The lowest BCUT2D eigenvalue weighted by Gasteiger charge is -2.26. The maximum atomic E-state index is 13.2. The minimum Gasteiger partial charge on any atom is -0.343 e. The monoisotopic (exact) mass is 349 g/mol. The molecule has 7 heteroatoms. The number of hydrogen-bond donors (Lipinski definition) is 1. The molecule has 2 heterocycles. The smallest absolute Gasteiger partial charge is 0.254 e. The molecule has 0 radical (unpaired) electrons. The van der Waals surface area contributed by atoms with Crippen LogP contribution < -0.4 is 5.32 Å². The van der Waals surface area contributed by atoms with Crippen molar-refractivity contribution in [2.24, 2.45) is 0 Å². The predicted octanol–water partition coefficient (Wildman–Crippen LogP) is 2.77. The summed E-state index contributed by atoms with van der Waals surface area (Å²) >= 11 is 6.02. The van der Waals surface area contributed by atoms with Gasteiger partial charge in [-0.1, -0.05) is 11.6 Å². The number of carbonyl (C=O) groups is 2. The summed E-state index contributed by atoms with van der Waals surface area (Å²) in [5.41, 5.74) is 0.545. The highest BCUT2D eigenvalue weighted by Gasteiger charge is 2.19. The molecular weight excluding hydrogens is 333 g/mol. The van der Waals surface area contributed by atoms with Crippen LogP contribution in [0.5, 0.6) is 0 Å². The molecule has 1 aliphatic heterocycles. The molecule has 0 spiro atoms. The fourth-order valence-corrected chi connectivity index (χ4v) is 3.01. The molecule has 0 aliphatic carbocycles. The summed E-state index contributed by atoms with van der Waals surface area (Å²) < 4.78 is 13.2. The van der Waals surface area contributed by atoms with E-state index in [1.54, 1.807) is 11.0 Å². The maximum Gasteiger partial charge on any atom is 0.254 e. The molecule has 1 aliphatic rings. The van der Waals surface area contributed by atoms with Crippen LogP contribution in [0.1, 0.15) is 29.6 Å². The fourth-order valence-electron chi connectivity index (χ4n) is 2.78. The van der Waals surface area contributed by atoms with Gasteiger partial charge in [-0.2, -0.15) is 0 Å². The van der Waals surface area contributed by atoms with Crippen LogP contribution in [0.2, 0.25) is 5.15 Å². The molecule has 1 saturated heterocycles. The lowest BCUT2D eigenvalue weighted by Crippen LogP contribution is -2.42. The quantitative estimate of drug-likeness (QED) is 0.867. The standard InChI is InChI=1S/C17H17ClFN3O2/c18-16-13(8-11-4-5-12(19)9-14(11)21-16)17(24)20-10-15(23)22-6-2-1-3-7-22/h4-5,8-9H,1-3,6-7,10H2,(H,20,24). The number of hydrogen-bond acceptors (Lipinski definition) is 3. The number of aromatic nitrogens is 1. The highest BCUT2D eigenvalue weighted by atomic mass is 35.5. The number of carbonyl (C=O) groups excluding carboxylic acids is 2. The number of halogens is 2. The van der Waals surface area contributed by atoms with Crippen LogP contribution in [-0.2, 0) is 4.79 Å². The number of nitrogens with one attached hydrogen (secondary N) is 1. The molecular formula is C17H17ClFN3O2.